The maximum Gasteiger partial charge on any atom is 0.323 e. The number of nitrogens with one attached hydrogen (secondary N) is 2. The minimum atomic E-state index is -0.268. The summed E-state index contributed by atoms with van der Waals surface area (Å²) in [6.07, 6.45) is 0. The van der Waals surface area contributed by atoms with Crippen molar-refractivity contribution in [1.82, 2.24) is 4.98 Å². The molecule has 0 saturated heterocycles. The van der Waals surface area contributed by atoms with Crippen LogP contribution in [-0.2, 0) is 0 Å². The van der Waals surface area contributed by atoms with Crippen molar-refractivity contribution < 1.29 is 4.79 Å². The molecule has 0 spiro atoms. The molecule has 0 radical (unpaired) electrons. The summed E-state index contributed by atoms with van der Waals surface area (Å²) in [6, 6.07) is 23.5. The van der Waals surface area contributed by atoms with Crippen molar-refractivity contribution in [3.8, 4) is 21.8 Å². The third-order valence-electron chi connectivity index (χ3n) is 4.42. The molecule has 0 unspecified atom stereocenters. The van der Waals surface area contributed by atoms with Crippen molar-refractivity contribution in [2.45, 2.75) is 13.8 Å². The van der Waals surface area contributed by atoms with Crippen LogP contribution in [0.1, 0.15) is 11.1 Å². The number of aromatic nitrogens is 1. The molecule has 5 heteroatoms. The Morgan fingerprint density at radius 3 is 2.24 bits per heavy atom. The van der Waals surface area contributed by atoms with Crippen LogP contribution in [0.5, 0.6) is 0 Å². The molecule has 144 valence electrons. The van der Waals surface area contributed by atoms with Gasteiger partial charge in [0.2, 0.25) is 0 Å². The molecule has 4 aromatic rings. The molecule has 29 heavy (non-hydrogen) atoms. The first-order valence-corrected chi connectivity index (χ1v) is 10.2. The fourth-order valence-electron chi connectivity index (χ4n) is 3.22. The molecule has 0 saturated carbocycles. The molecule has 0 aliphatic carbocycles. The zero-order valence-corrected chi connectivity index (χ0v) is 17.1. The minimum Gasteiger partial charge on any atom is -0.308 e. The number of hydrogen-bond donors (Lipinski definition) is 2. The van der Waals surface area contributed by atoms with Gasteiger partial charge in [0.1, 0.15) is 5.01 Å². The molecule has 2 amide bonds. The standard InChI is InChI=1S/C24H21N3OS/c1-16-11-17(2)13-21(12-16)26-24(28)25-20-10-6-9-19(14-20)22-15-29-23(27-22)18-7-4-3-5-8-18/h3-15H,1-2H3,(H2,25,26,28). The number of carbonyl (C=O) groups is 1. The van der Waals surface area contributed by atoms with E-state index in [1.807, 2.05) is 73.8 Å². The van der Waals surface area contributed by atoms with Crippen molar-refractivity contribution in [3.05, 3.63) is 89.3 Å². The molecule has 0 bridgehead atoms. The number of anilines is 2. The highest BCUT2D eigenvalue weighted by atomic mass is 32.1. The normalized spacial score (nSPS) is 10.6. The number of aryl methyl sites for hydroxylation is 2. The Kier molecular flexibility index (Phi) is 5.40. The van der Waals surface area contributed by atoms with Crippen LogP contribution in [0.3, 0.4) is 0 Å². The molecule has 4 nitrogen and oxygen atoms in total. The van der Waals surface area contributed by atoms with Gasteiger partial charge >= 0.3 is 6.03 Å². The number of urea groups is 1. The lowest BCUT2D eigenvalue weighted by Crippen LogP contribution is -2.19. The van der Waals surface area contributed by atoms with Crippen LogP contribution in [0, 0.1) is 13.8 Å². The number of carbonyl (C=O) groups excluding carboxylic acids is 1. The first-order chi connectivity index (χ1) is 14.1. The van der Waals surface area contributed by atoms with Crippen LogP contribution in [0.4, 0.5) is 16.2 Å². The zero-order valence-electron chi connectivity index (χ0n) is 16.3. The van der Waals surface area contributed by atoms with E-state index < -0.39 is 0 Å². The van der Waals surface area contributed by atoms with Gasteiger partial charge in [-0.25, -0.2) is 9.78 Å². The molecular formula is C24H21N3OS. The van der Waals surface area contributed by atoms with E-state index in [0.717, 1.165) is 44.3 Å². The highest BCUT2D eigenvalue weighted by molar-refractivity contribution is 7.13. The second-order valence-electron chi connectivity index (χ2n) is 6.94. The fourth-order valence-corrected chi connectivity index (χ4v) is 4.05. The van der Waals surface area contributed by atoms with Gasteiger partial charge in [-0.1, -0.05) is 48.5 Å². The molecule has 3 aromatic carbocycles. The van der Waals surface area contributed by atoms with Crippen molar-refractivity contribution in [2.24, 2.45) is 0 Å². The molecule has 0 fully saturated rings. The predicted octanol–water partition coefficient (Wildman–Crippen LogP) is 6.74. The first kappa shape index (κ1) is 18.9. The van der Waals surface area contributed by atoms with Gasteiger partial charge in [-0.3, -0.25) is 0 Å². The summed E-state index contributed by atoms with van der Waals surface area (Å²) < 4.78 is 0. The Hall–Kier alpha value is -3.44. The molecule has 2 N–H and O–H groups in total. The summed E-state index contributed by atoms with van der Waals surface area (Å²) in [7, 11) is 0. The predicted molar refractivity (Wildman–Crippen MR) is 122 cm³/mol. The summed E-state index contributed by atoms with van der Waals surface area (Å²) >= 11 is 1.61. The number of thiazole rings is 1. The quantitative estimate of drug-likeness (QED) is 0.399. The molecule has 1 heterocycles. The number of rotatable bonds is 4. The van der Waals surface area contributed by atoms with Gasteiger partial charge in [0.15, 0.2) is 0 Å². The van der Waals surface area contributed by atoms with Gasteiger partial charge in [0.05, 0.1) is 5.69 Å². The van der Waals surface area contributed by atoms with E-state index in [1.54, 1.807) is 11.3 Å². The van der Waals surface area contributed by atoms with Crippen LogP contribution in [-0.4, -0.2) is 11.0 Å². The summed E-state index contributed by atoms with van der Waals surface area (Å²) in [6.45, 7) is 4.02. The lowest BCUT2D eigenvalue weighted by Gasteiger charge is -2.10. The SMILES string of the molecule is Cc1cc(C)cc(NC(=O)Nc2cccc(-c3csc(-c4ccccc4)n3)c2)c1. The summed E-state index contributed by atoms with van der Waals surface area (Å²) in [5.74, 6) is 0. The van der Waals surface area contributed by atoms with Crippen LogP contribution in [0.2, 0.25) is 0 Å². The van der Waals surface area contributed by atoms with E-state index >= 15 is 0 Å². The lowest BCUT2D eigenvalue weighted by molar-refractivity contribution is 0.262. The molecule has 4 rings (SSSR count). The average Bonchev–Trinajstić information content (AvgIpc) is 3.18. The van der Waals surface area contributed by atoms with Gasteiger partial charge in [-0.2, -0.15) is 0 Å². The highest BCUT2D eigenvalue weighted by Gasteiger charge is 2.09. The fraction of sp³-hybridized carbons (Fsp3) is 0.0833. The summed E-state index contributed by atoms with van der Waals surface area (Å²) in [5, 5.41) is 8.81. The maximum atomic E-state index is 12.4. The average molecular weight is 400 g/mol. The van der Waals surface area contributed by atoms with Crippen molar-refractivity contribution >= 4 is 28.7 Å². The third kappa shape index (κ3) is 4.70. The van der Waals surface area contributed by atoms with Crippen LogP contribution in [0.25, 0.3) is 21.8 Å². The Bertz CT molecular complexity index is 1130. The Morgan fingerprint density at radius 2 is 1.48 bits per heavy atom. The second-order valence-corrected chi connectivity index (χ2v) is 7.80. The van der Waals surface area contributed by atoms with Crippen LogP contribution < -0.4 is 10.6 Å². The number of amides is 2. The largest absolute Gasteiger partial charge is 0.323 e. The van der Waals surface area contributed by atoms with Crippen LogP contribution >= 0.6 is 11.3 Å². The van der Waals surface area contributed by atoms with E-state index in [-0.39, 0.29) is 6.03 Å². The van der Waals surface area contributed by atoms with E-state index in [9.17, 15) is 4.79 Å². The second kappa shape index (κ2) is 8.29. The van der Waals surface area contributed by atoms with E-state index in [2.05, 4.69) is 28.8 Å². The topological polar surface area (TPSA) is 54.0 Å². The summed E-state index contributed by atoms with van der Waals surface area (Å²) in [5.41, 5.74) is 6.69. The number of hydrogen-bond acceptors (Lipinski definition) is 3. The number of benzene rings is 3. The third-order valence-corrected chi connectivity index (χ3v) is 5.31. The lowest BCUT2D eigenvalue weighted by atomic mass is 10.1. The zero-order chi connectivity index (χ0) is 20.2. The smallest absolute Gasteiger partial charge is 0.308 e. The highest BCUT2D eigenvalue weighted by Crippen LogP contribution is 2.29. The van der Waals surface area contributed by atoms with Gasteiger partial charge in [0.25, 0.3) is 0 Å². The van der Waals surface area contributed by atoms with E-state index in [1.165, 1.54) is 0 Å². The maximum absolute atomic E-state index is 12.4. The molecular weight excluding hydrogens is 378 g/mol. The van der Waals surface area contributed by atoms with E-state index in [4.69, 9.17) is 4.98 Å². The first-order valence-electron chi connectivity index (χ1n) is 9.34. The van der Waals surface area contributed by atoms with Gasteiger partial charge in [0, 0.05) is 27.9 Å². The molecule has 0 aliphatic rings. The van der Waals surface area contributed by atoms with Crippen molar-refractivity contribution in [2.75, 3.05) is 10.6 Å². The van der Waals surface area contributed by atoms with Crippen molar-refractivity contribution in [3.63, 3.8) is 0 Å². The van der Waals surface area contributed by atoms with Crippen molar-refractivity contribution in [1.29, 1.82) is 0 Å². The molecule has 0 aliphatic heterocycles. The molecule has 1 aromatic heterocycles. The monoisotopic (exact) mass is 399 g/mol. The number of nitrogens with zero attached hydrogens (tertiary/aromatic N) is 1. The Morgan fingerprint density at radius 1 is 0.793 bits per heavy atom. The van der Waals surface area contributed by atoms with Gasteiger partial charge in [-0.15, -0.1) is 11.3 Å². The Labute approximate surface area is 174 Å². The molecule has 0 atom stereocenters. The van der Waals surface area contributed by atoms with Crippen LogP contribution in [0.15, 0.2) is 78.2 Å². The van der Waals surface area contributed by atoms with Gasteiger partial charge < -0.3 is 10.6 Å². The summed E-state index contributed by atoms with van der Waals surface area (Å²) in [4.78, 5) is 17.2. The Balaban J connectivity index is 1.49. The van der Waals surface area contributed by atoms with E-state index in [0.29, 0.717) is 0 Å². The minimum absolute atomic E-state index is 0.268. The van der Waals surface area contributed by atoms with Gasteiger partial charge in [-0.05, 0) is 49.2 Å².